The second kappa shape index (κ2) is 6.39. The topological polar surface area (TPSA) is 66.7 Å². The van der Waals surface area contributed by atoms with E-state index in [1.807, 2.05) is 10.4 Å². The Morgan fingerprint density at radius 3 is 2.75 bits per heavy atom. The molecule has 2 amide bonds. The van der Waals surface area contributed by atoms with Gasteiger partial charge in [0.15, 0.2) is 5.76 Å². The average molecular weight is 345 g/mol. The van der Waals surface area contributed by atoms with Gasteiger partial charge in [-0.1, -0.05) is 0 Å². The van der Waals surface area contributed by atoms with E-state index in [-0.39, 0.29) is 17.7 Å². The molecule has 0 N–H and O–H groups in total. The molecule has 0 aromatic carbocycles. The van der Waals surface area contributed by atoms with Crippen LogP contribution < -0.4 is 0 Å². The fourth-order valence-corrected chi connectivity index (χ4v) is 4.35. The predicted molar refractivity (Wildman–Crippen MR) is 88.8 cm³/mol. The number of aromatic nitrogens is 1. The van der Waals surface area contributed by atoms with Gasteiger partial charge in [0.25, 0.3) is 5.91 Å². The summed E-state index contributed by atoms with van der Waals surface area (Å²) in [5.41, 5.74) is 3.04. The highest BCUT2D eigenvalue weighted by Crippen LogP contribution is 2.29. The monoisotopic (exact) mass is 345 g/mol. The zero-order chi connectivity index (χ0) is 16.5. The number of furan rings is 1. The number of carbonyl (C=O) groups excluding carboxylic acids is 2. The normalized spacial score (nSPS) is 20.8. The first-order valence-corrected chi connectivity index (χ1v) is 9.13. The highest BCUT2D eigenvalue weighted by molar-refractivity contribution is 7.09. The Hall–Kier alpha value is -2.15. The molecule has 1 unspecified atom stereocenters. The molecular weight excluding hydrogens is 326 g/mol. The van der Waals surface area contributed by atoms with Crippen molar-refractivity contribution in [1.82, 2.24) is 14.8 Å². The van der Waals surface area contributed by atoms with Crippen LogP contribution in [0.3, 0.4) is 0 Å². The minimum absolute atomic E-state index is 0.0604. The lowest BCUT2D eigenvalue weighted by molar-refractivity contribution is -0.137. The summed E-state index contributed by atoms with van der Waals surface area (Å²) in [6.07, 6.45) is 4.08. The van der Waals surface area contributed by atoms with E-state index in [0.29, 0.717) is 31.9 Å². The van der Waals surface area contributed by atoms with Gasteiger partial charge in [-0.2, -0.15) is 0 Å². The predicted octanol–water partition coefficient (Wildman–Crippen LogP) is 1.83. The van der Waals surface area contributed by atoms with Gasteiger partial charge in [0.2, 0.25) is 5.91 Å². The number of nitrogens with zero attached hydrogens (tertiary/aromatic N) is 3. The molecule has 1 fully saturated rings. The van der Waals surface area contributed by atoms with Crippen molar-refractivity contribution in [3.63, 3.8) is 0 Å². The molecule has 2 aliphatic rings. The number of piperazine rings is 1. The van der Waals surface area contributed by atoms with Gasteiger partial charge < -0.3 is 14.2 Å². The summed E-state index contributed by atoms with van der Waals surface area (Å²) in [4.78, 5) is 34.3. The average Bonchev–Trinajstić information content (AvgIpc) is 3.31. The van der Waals surface area contributed by atoms with E-state index in [2.05, 4.69) is 4.98 Å². The maximum Gasteiger partial charge on any atom is 0.289 e. The van der Waals surface area contributed by atoms with Crippen LogP contribution >= 0.6 is 11.3 Å². The van der Waals surface area contributed by atoms with Gasteiger partial charge in [-0.25, -0.2) is 4.98 Å². The first-order chi connectivity index (χ1) is 11.7. The van der Waals surface area contributed by atoms with Crippen molar-refractivity contribution in [2.24, 2.45) is 5.92 Å². The molecule has 126 valence electrons. The van der Waals surface area contributed by atoms with Crippen LogP contribution in [0.2, 0.25) is 0 Å². The number of amides is 2. The number of carbonyl (C=O) groups is 2. The number of hydrogen-bond donors (Lipinski definition) is 0. The molecule has 0 bridgehead atoms. The Labute approximate surface area is 144 Å². The van der Waals surface area contributed by atoms with E-state index in [9.17, 15) is 9.59 Å². The quantitative estimate of drug-likeness (QED) is 0.833. The van der Waals surface area contributed by atoms with Gasteiger partial charge in [0.05, 0.1) is 17.5 Å². The van der Waals surface area contributed by atoms with Gasteiger partial charge in [-0.3, -0.25) is 9.59 Å². The minimum Gasteiger partial charge on any atom is -0.459 e. The molecule has 2 aromatic rings. The smallest absolute Gasteiger partial charge is 0.289 e. The third-order valence-corrected chi connectivity index (χ3v) is 5.74. The first kappa shape index (κ1) is 15.4. The summed E-state index contributed by atoms with van der Waals surface area (Å²) in [7, 11) is 0. The highest BCUT2D eigenvalue weighted by atomic mass is 32.1. The van der Waals surface area contributed by atoms with Crippen LogP contribution in [0.5, 0.6) is 0 Å². The van der Waals surface area contributed by atoms with Crippen molar-refractivity contribution in [1.29, 1.82) is 0 Å². The van der Waals surface area contributed by atoms with Gasteiger partial charge in [0, 0.05) is 37.0 Å². The summed E-state index contributed by atoms with van der Waals surface area (Å²) in [5, 5.41) is 0. The summed E-state index contributed by atoms with van der Waals surface area (Å²) in [5.74, 6) is 0.545. The van der Waals surface area contributed by atoms with Crippen LogP contribution in [0.15, 0.2) is 28.3 Å². The molecule has 1 aliphatic heterocycles. The summed E-state index contributed by atoms with van der Waals surface area (Å²) in [6, 6.07) is 3.39. The van der Waals surface area contributed by atoms with Gasteiger partial charge in [-0.05, 0) is 31.4 Å². The molecule has 0 radical (unpaired) electrons. The van der Waals surface area contributed by atoms with Crippen molar-refractivity contribution in [3.05, 3.63) is 40.2 Å². The third-order valence-electron chi connectivity index (χ3n) is 4.85. The Balaban J connectivity index is 1.34. The highest BCUT2D eigenvalue weighted by Gasteiger charge is 2.32. The lowest BCUT2D eigenvalue weighted by Gasteiger charge is -2.36. The lowest BCUT2D eigenvalue weighted by atomic mass is 9.90. The Bertz CT molecular complexity index is 732. The molecule has 3 heterocycles. The molecule has 1 saturated heterocycles. The van der Waals surface area contributed by atoms with Crippen LogP contribution in [-0.2, 0) is 17.6 Å². The minimum atomic E-state index is -0.0981. The first-order valence-electron chi connectivity index (χ1n) is 8.25. The van der Waals surface area contributed by atoms with Crippen molar-refractivity contribution < 1.29 is 14.0 Å². The van der Waals surface area contributed by atoms with Gasteiger partial charge in [0.1, 0.15) is 0 Å². The van der Waals surface area contributed by atoms with Crippen LogP contribution in [0.4, 0.5) is 0 Å². The summed E-state index contributed by atoms with van der Waals surface area (Å²) in [6.45, 7) is 2.31. The molecular formula is C17H19N3O3S. The molecule has 0 spiro atoms. The van der Waals surface area contributed by atoms with Crippen molar-refractivity contribution >= 4 is 23.2 Å². The fourth-order valence-electron chi connectivity index (χ4n) is 3.46. The molecule has 2 aromatic heterocycles. The van der Waals surface area contributed by atoms with Crippen molar-refractivity contribution in [2.75, 3.05) is 26.2 Å². The second-order valence-corrected chi connectivity index (χ2v) is 7.20. The zero-order valence-corrected chi connectivity index (χ0v) is 14.1. The Morgan fingerprint density at radius 2 is 2.00 bits per heavy atom. The van der Waals surface area contributed by atoms with Crippen LogP contribution in [0.1, 0.15) is 27.5 Å². The van der Waals surface area contributed by atoms with E-state index >= 15 is 0 Å². The molecule has 7 heteroatoms. The molecule has 24 heavy (non-hydrogen) atoms. The van der Waals surface area contributed by atoms with Crippen LogP contribution in [0.25, 0.3) is 0 Å². The van der Waals surface area contributed by atoms with E-state index in [0.717, 1.165) is 25.0 Å². The number of rotatable bonds is 2. The van der Waals surface area contributed by atoms with Crippen molar-refractivity contribution in [2.45, 2.75) is 19.3 Å². The number of aryl methyl sites for hydroxylation is 1. The largest absolute Gasteiger partial charge is 0.459 e. The second-order valence-electron chi connectivity index (χ2n) is 6.26. The zero-order valence-electron chi connectivity index (χ0n) is 13.3. The van der Waals surface area contributed by atoms with E-state index in [1.165, 1.54) is 11.1 Å². The van der Waals surface area contributed by atoms with Gasteiger partial charge in [-0.15, -0.1) is 11.3 Å². The number of fused-ring (bicyclic) bond motifs is 1. The fraction of sp³-hybridized carbons (Fsp3) is 0.471. The maximum atomic E-state index is 12.8. The van der Waals surface area contributed by atoms with Gasteiger partial charge >= 0.3 is 0 Å². The van der Waals surface area contributed by atoms with E-state index < -0.39 is 0 Å². The molecule has 4 rings (SSSR count). The Kier molecular flexibility index (Phi) is 4.10. The molecule has 6 nitrogen and oxygen atoms in total. The van der Waals surface area contributed by atoms with Crippen LogP contribution in [0, 0.1) is 5.92 Å². The summed E-state index contributed by atoms with van der Waals surface area (Å²) >= 11 is 1.65. The van der Waals surface area contributed by atoms with E-state index in [4.69, 9.17) is 4.42 Å². The lowest BCUT2D eigenvalue weighted by Crippen LogP contribution is -2.52. The third kappa shape index (κ3) is 2.84. The Morgan fingerprint density at radius 1 is 1.21 bits per heavy atom. The number of thiazole rings is 1. The number of hydrogen-bond acceptors (Lipinski definition) is 5. The molecule has 1 atom stereocenters. The van der Waals surface area contributed by atoms with Crippen molar-refractivity contribution in [3.8, 4) is 0 Å². The molecule has 1 aliphatic carbocycles. The standard InChI is InChI=1S/C17H19N3O3S/c21-16(12-3-4-13-15(10-12)24-11-18-13)19-5-7-20(8-6-19)17(22)14-2-1-9-23-14/h1-2,9,11-12H,3-8,10H2. The SMILES string of the molecule is O=C(c1ccco1)N1CCN(C(=O)C2CCc3ncsc3C2)CC1. The molecule has 0 saturated carbocycles. The maximum absolute atomic E-state index is 12.8. The summed E-state index contributed by atoms with van der Waals surface area (Å²) < 4.78 is 5.17. The van der Waals surface area contributed by atoms with Crippen LogP contribution in [-0.4, -0.2) is 52.8 Å². The van der Waals surface area contributed by atoms with E-state index in [1.54, 1.807) is 28.4 Å².